The maximum absolute atomic E-state index is 12.4. The van der Waals surface area contributed by atoms with Crippen LogP contribution in [0.15, 0.2) is 51.7 Å². The van der Waals surface area contributed by atoms with Crippen LogP contribution in [0, 0.1) is 0 Å². The molecule has 0 atom stereocenters. The first-order valence-corrected chi connectivity index (χ1v) is 10.1. The molecular weight excluding hydrogens is 382 g/mol. The number of hydrogen-bond donors (Lipinski definition) is 2. The fraction of sp³-hybridized carbons (Fsp3) is 0.348. The molecule has 7 nitrogen and oxygen atoms in total. The molecule has 0 aliphatic carbocycles. The number of phenols is 2. The summed E-state index contributed by atoms with van der Waals surface area (Å²) in [6.07, 6.45) is 0. The monoisotopic (exact) mass is 409 g/mol. The Morgan fingerprint density at radius 3 is 2.43 bits per heavy atom. The van der Waals surface area contributed by atoms with Gasteiger partial charge in [0.05, 0.1) is 5.39 Å². The number of hydrogen-bond acceptors (Lipinski definition) is 7. The molecule has 2 N–H and O–H groups in total. The number of anilines is 1. The van der Waals surface area contributed by atoms with E-state index in [0.29, 0.717) is 5.76 Å². The maximum Gasteiger partial charge on any atom is 0.201 e. The summed E-state index contributed by atoms with van der Waals surface area (Å²) in [5.74, 6) is -0.396. The van der Waals surface area contributed by atoms with Crippen LogP contribution in [-0.2, 0) is 0 Å². The highest BCUT2D eigenvalue weighted by Crippen LogP contribution is 2.34. The molecule has 0 radical (unpaired) electrons. The van der Waals surface area contributed by atoms with Crippen molar-refractivity contribution in [2.75, 3.05) is 58.3 Å². The first-order chi connectivity index (χ1) is 14.4. The lowest BCUT2D eigenvalue weighted by atomic mass is 10.1. The summed E-state index contributed by atoms with van der Waals surface area (Å²) in [5, 5.41) is 20.0. The van der Waals surface area contributed by atoms with Crippen molar-refractivity contribution in [3.8, 4) is 22.8 Å². The van der Waals surface area contributed by atoms with Crippen molar-refractivity contribution >= 4 is 16.7 Å². The fourth-order valence-electron chi connectivity index (χ4n) is 3.71. The molecule has 0 bridgehead atoms. The molecule has 7 heteroatoms. The smallest absolute Gasteiger partial charge is 0.201 e. The molecule has 1 aliphatic heterocycles. The molecule has 0 unspecified atom stereocenters. The molecule has 30 heavy (non-hydrogen) atoms. The van der Waals surface area contributed by atoms with Gasteiger partial charge >= 0.3 is 0 Å². The topological polar surface area (TPSA) is 80.4 Å². The van der Waals surface area contributed by atoms with Crippen LogP contribution in [0.5, 0.6) is 11.5 Å². The number of aromatic hydroxyl groups is 2. The molecule has 1 fully saturated rings. The lowest BCUT2D eigenvalue weighted by Gasteiger charge is -2.33. The van der Waals surface area contributed by atoms with Gasteiger partial charge in [-0.05, 0) is 43.4 Å². The van der Waals surface area contributed by atoms with Gasteiger partial charge < -0.3 is 24.4 Å². The molecule has 0 spiro atoms. The van der Waals surface area contributed by atoms with Gasteiger partial charge in [-0.15, -0.1) is 0 Å². The summed E-state index contributed by atoms with van der Waals surface area (Å²) in [4.78, 5) is 19.4. The highest BCUT2D eigenvalue weighted by atomic mass is 16.4. The minimum Gasteiger partial charge on any atom is -0.504 e. The van der Waals surface area contributed by atoms with Crippen molar-refractivity contribution in [2.45, 2.75) is 0 Å². The number of rotatable bonds is 5. The molecule has 1 aromatic heterocycles. The molecule has 2 aromatic carbocycles. The Balaban J connectivity index is 1.49. The Hall–Kier alpha value is -3.03. The number of benzene rings is 2. The second-order valence-electron chi connectivity index (χ2n) is 7.90. The lowest BCUT2D eigenvalue weighted by molar-refractivity contribution is 0.157. The Kier molecular flexibility index (Phi) is 5.65. The summed E-state index contributed by atoms with van der Waals surface area (Å²) < 4.78 is 5.74. The van der Waals surface area contributed by atoms with Crippen LogP contribution in [0.25, 0.3) is 22.3 Å². The van der Waals surface area contributed by atoms with E-state index in [-0.39, 0.29) is 22.1 Å². The van der Waals surface area contributed by atoms with Gasteiger partial charge in [-0.3, -0.25) is 9.69 Å². The third-order valence-electron chi connectivity index (χ3n) is 5.79. The molecule has 4 rings (SSSR count). The van der Waals surface area contributed by atoms with Gasteiger partial charge in [-0.1, -0.05) is 0 Å². The van der Waals surface area contributed by atoms with E-state index in [1.807, 2.05) is 24.3 Å². The van der Waals surface area contributed by atoms with Crippen LogP contribution in [-0.4, -0.2) is 73.4 Å². The van der Waals surface area contributed by atoms with E-state index in [4.69, 9.17) is 4.42 Å². The molecule has 3 aromatic rings. The second-order valence-corrected chi connectivity index (χ2v) is 7.90. The van der Waals surface area contributed by atoms with Crippen LogP contribution >= 0.6 is 0 Å². The number of phenolic OH excluding ortho intramolecular Hbond substituents is 2. The highest BCUT2D eigenvalue weighted by Gasteiger charge is 2.15. The Labute approximate surface area is 175 Å². The van der Waals surface area contributed by atoms with Gasteiger partial charge in [-0.2, -0.15) is 0 Å². The largest absolute Gasteiger partial charge is 0.504 e. The van der Waals surface area contributed by atoms with Gasteiger partial charge in [0.1, 0.15) is 5.76 Å². The first-order valence-electron chi connectivity index (χ1n) is 10.1. The molecule has 158 valence electrons. The zero-order valence-electron chi connectivity index (χ0n) is 17.3. The van der Waals surface area contributed by atoms with Crippen molar-refractivity contribution in [1.82, 2.24) is 9.80 Å². The second kappa shape index (κ2) is 8.38. The standard InChI is InChI=1S/C23H27N3O4/c1-24-9-12-26(13-10-24)14-11-25(2)17-5-3-16(4-6-17)21-15-20(28)18-7-8-19(27)22(29)23(18)30-21/h3-8,15,27,29H,9-14H2,1-2H3. The van der Waals surface area contributed by atoms with Crippen molar-refractivity contribution < 1.29 is 14.6 Å². The summed E-state index contributed by atoms with van der Waals surface area (Å²) in [6.45, 7) is 6.39. The summed E-state index contributed by atoms with van der Waals surface area (Å²) in [6, 6.07) is 11.9. The predicted octanol–water partition coefficient (Wildman–Crippen LogP) is 2.55. The molecular formula is C23H27N3O4. The summed E-state index contributed by atoms with van der Waals surface area (Å²) in [7, 11) is 4.23. The number of likely N-dealkylation sites (N-methyl/N-ethyl adjacent to an activating group) is 2. The summed E-state index contributed by atoms with van der Waals surface area (Å²) in [5.41, 5.74) is 1.53. The van der Waals surface area contributed by atoms with Gasteiger partial charge in [0.15, 0.2) is 16.8 Å². The number of piperazine rings is 1. The number of nitrogens with zero attached hydrogens (tertiary/aromatic N) is 3. The number of fused-ring (bicyclic) bond motifs is 1. The van der Waals surface area contributed by atoms with E-state index in [9.17, 15) is 15.0 Å². The van der Waals surface area contributed by atoms with E-state index < -0.39 is 5.75 Å². The van der Waals surface area contributed by atoms with Crippen LogP contribution in [0.4, 0.5) is 5.69 Å². The Morgan fingerprint density at radius 2 is 1.73 bits per heavy atom. The van der Waals surface area contributed by atoms with Crippen LogP contribution in [0.2, 0.25) is 0 Å². The van der Waals surface area contributed by atoms with Gasteiger partial charge in [0.25, 0.3) is 0 Å². The zero-order chi connectivity index (χ0) is 21.3. The quantitative estimate of drug-likeness (QED) is 0.627. The molecule has 1 aliphatic rings. The van der Waals surface area contributed by atoms with E-state index in [1.165, 1.54) is 18.2 Å². The summed E-state index contributed by atoms with van der Waals surface area (Å²) >= 11 is 0. The minimum atomic E-state index is -0.424. The van der Waals surface area contributed by atoms with Gasteiger partial charge in [-0.25, -0.2) is 0 Å². The van der Waals surface area contributed by atoms with Gasteiger partial charge in [0, 0.05) is 63.6 Å². The highest BCUT2D eigenvalue weighted by molar-refractivity contribution is 5.86. The molecule has 0 saturated carbocycles. The van der Waals surface area contributed by atoms with E-state index in [2.05, 4.69) is 28.8 Å². The van der Waals surface area contributed by atoms with E-state index in [0.717, 1.165) is 50.5 Å². The lowest BCUT2D eigenvalue weighted by Crippen LogP contribution is -2.46. The van der Waals surface area contributed by atoms with Crippen molar-refractivity contribution in [3.05, 3.63) is 52.7 Å². The molecule has 0 amide bonds. The first kappa shape index (κ1) is 20.3. The predicted molar refractivity (Wildman–Crippen MR) is 118 cm³/mol. The van der Waals surface area contributed by atoms with Crippen molar-refractivity contribution in [1.29, 1.82) is 0 Å². The van der Waals surface area contributed by atoms with E-state index in [1.54, 1.807) is 0 Å². The third-order valence-corrected chi connectivity index (χ3v) is 5.79. The van der Waals surface area contributed by atoms with Crippen molar-refractivity contribution in [2.24, 2.45) is 0 Å². The maximum atomic E-state index is 12.4. The van der Waals surface area contributed by atoms with Gasteiger partial charge in [0.2, 0.25) is 5.75 Å². The Bertz CT molecular complexity index is 1090. The van der Waals surface area contributed by atoms with Crippen molar-refractivity contribution in [3.63, 3.8) is 0 Å². The molecule has 2 heterocycles. The normalized spacial score (nSPS) is 15.5. The molecule has 1 saturated heterocycles. The fourth-order valence-corrected chi connectivity index (χ4v) is 3.71. The van der Waals surface area contributed by atoms with Crippen LogP contribution in [0.1, 0.15) is 0 Å². The van der Waals surface area contributed by atoms with Crippen LogP contribution < -0.4 is 10.3 Å². The van der Waals surface area contributed by atoms with E-state index >= 15 is 0 Å². The average Bonchev–Trinajstić information content (AvgIpc) is 2.76. The third kappa shape index (κ3) is 4.13. The zero-order valence-corrected chi connectivity index (χ0v) is 17.3. The average molecular weight is 409 g/mol. The minimum absolute atomic E-state index is 0.00845. The SMILES string of the molecule is CN1CCN(CCN(C)c2ccc(-c3cc(=O)c4ccc(O)c(O)c4o3)cc2)CC1. The Morgan fingerprint density at radius 1 is 1.03 bits per heavy atom. The van der Waals surface area contributed by atoms with Crippen LogP contribution in [0.3, 0.4) is 0 Å².